The number of benzene rings is 8. The maximum atomic E-state index is 11.1. The van der Waals surface area contributed by atoms with Gasteiger partial charge in [-0.3, -0.25) is 19.9 Å². The number of allylic oxidation sites excluding steroid dienone is 2. The summed E-state index contributed by atoms with van der Waals surface area (Å²) in [4.78, 5) is 31.4. The Morgan fingerprint density at radius 3 is 1.43 bits per heavy atom. The highest BCUT2D eigenvalue weighted by atomic mass is 32.2. The Morgan fingerprint density at radius 2 is 1.01 bits per heavy atom. The van der Waals surface area contributed by atoms with Crippen molar-refractivity contribution in [2.24, 2.45) is 10.9 Å². The first kappa shape index (κ1) is 122. The first-order chi connectivity index (χ1) is 60.3. The summed E-state index contributed by atoms with van der Waals surface area (Å²) in [5, 5.41) is 26.8. The molecule has 1 fully saturated rings. The van der Waals surface area contributed by atoms with Gasteiger partial charge < -0.3 is 9.05 Å². The lowest BCUT2D eigenvalue weighted by Crippen LogP contribution is -2.21. The van der Waals surface area contributed by atoms with E-state index in [4.69, 9.17) is 4.52 Å². The molecule has 15 nitrogen and oxygen atoms in total. The summed E-state index contributed by atoms with van der Waals surface area (Å²) in [6.45, 7) is 70.9. The van der Waals surface area contributed by atoms with E-state index in [2.05, 4.69) is 293 Å². The number of para-hydroxylation sites is 1. The highest BCUT2D eigenvalue weighted by Crippen LogP contribution is 2.23. The summed E-state index contributed by atoms with van der Waals surface area (Å²) in [5.41, 5.74) is 16.7. The predicted molar refractivity (Wildman–Crippen MR) is 552 cm³/mol. The largest absolute Gasteiger partial charge is 0.364 e. The van der Waals surface area contributed by atoms with Gasteiger partial charge in [-0.05, 0) is 181 Å². The summed E-state index contributed by atoms with van der Waals surface area (Å²) in [5.74, 6) is 4.67. The number of aryl methyl sites for hydroxylation is 8. The number of rotatable bonds is 2. The fourth-order valence-electron chi connectivity index (χ4n) is 9.59. The van der Waals surface area contributed by atoms with E-state index in [1.54, 1.807) is 48.7 Å². The van der Waals surface area contributed by atoms with Crippen LogP contribution in [0.2, 0.25) is 0 Å². The highest BCUT2D eigenvalue weighted by Gasteiger charge is 2.12. The van der Waals surface area contributed by atoms with E-state index in [1.807, 2.05) is 251 Å². The topological polar surface area (TPSA) is 184 Å². The third-order valence-electron chi connectivity index (χ3n) is 15.4. The van der Waals surface area contributed by atoms with Crippen molar-refractivity contribution >= 4 is 72.7 Å². The standard InChI is InChI=1S/2C11H10.C10H9NO.2C10H9N.C9H9N3O.C6H11N3.C5H7N.C5H10S.C4H5NO.C4H5NS.11C2H6/c1-9-5-4-7-10-6-2-3-8-11(9)10;1-9-6-7-10-4-2-3-5-11(10)8-9;1-8-2-4-9(5-3-8)10-6-11-12-7-10;1-8-4-2-5-9-6-3-7-11-10(8)9;1-8-4-5-9-3-2-6-11-10(9)7-8;1-7-2-4-8(5-3-7)12-6-10-11-9(12)13;1-6(2,3)9-5-7-4-8-9;1-5-3-2-4-6-5;1-5-2-3-6-4-5;1-4-2-3-5-6-4;1-4-2-6-3-5-4;11*1-2/h2*2-8H,1H3;2-7H,1H3;2*2-7H,1H3;2-6H,1H3,(H,11,13);4-5H,1-3H3;3-4H,2H2,1H3;5H,2-4H2,1H3;2*2-3H,1H3;11*1-2H3. The molecule has 2 aliphatic rings. The molecule has 9 heterocycles. The van der Waals surface area contributed by atoms with Crippen LogP contribution in [-0.2, 0) is 5.54 Å². The summed E-state index contributed by atoms with van der Waals surface area (Å²) in [6.07, 6.45) is 19.9. The van der Waals surface area contributed by atoms with Crippen molar-refractivity contribution < 1.29 is 9.05 Å². The van der Waals surface area contributed by atoms with E-state index in [1.165, 1.54) is 94.5 Å². The monoisotopic (exact) mass is 1730 g/mol. The number of hydrogen-bond acceptors (Lipinski definition) is 14. The van der Waals surface area contributed by atoms with Crippen LogP contribution in [-0.4, -0.2) is 72.5 Å². The van der Waals surface area contributed by atoms with Gasteiger partial charge in [0.05, 0.1) is 40.2 Å². The van der Waals surface area contributed by atoms with Gasteiger partial charge in [-0.1, -0.05) is 356 Å². The van der Waals surface area contributed by atoms with Crippen LogP contribution in [0.1, 0.15) is 245 Å². The predicted octanol–water partition coefficient (Wildman–Crippen LogP) is 32.8. The first-order valence-corrected chi connectivity index (χ1v) is 46.9. The minimum absolute atomic E-state index is 0.0660. The second kappa shape index (κ2) is 81.6. The van der Waals surface area contributed by atoms with Crippen LogP contribution in [0.5, 0.6) is 0 Å². The summed E-state index contributed by atoms with van der Waals surface area (Å²) < 4.78 is 12.6. The van der Waals surface area contributed by atoms with Crippen LogP contribution < -0.4 is 5.69 Å². The van der Waals surface area contributed by atoms with Gasteiger partial charge in [-0.25, -0.2) is 24.1 Å². The van der Waals surface area contributed by atoms with Crippen molar-refractivity contribution in [3.63, 3.8) is 0 Å². The summed E-state index contributed by atoms with van der Waals surface area (Å²) >= 11 is 3.71. The molecular formula is C107H160N12O3S2. The number of fused-ring (bicyclic) bond motifs is 4. The van der Waals surface area contributed by atoms with Crippen molar-refractivity contribution in [3.8, 4) is 16.8 Å². The van der Waals surface area contributed by atoms with Gasteiger partial charge in [0.25, 0.3) is 0 Å². The maximum Gasteiger partial charge on any atom is 0.347 e. The minimum atomic E-state index is -0.219. The Labute approximate surface area is 759 Å². The Bertz CT molecular complexity index is 4710. The number of aromatic amines is 1. The summed E-state index contributed by atoms with van der Waals surface area (Å²) in [7, 11) is 0. The lowest BCUT2D eigenvalue weighted by Gasteiger charge is -2.17. The third kappa shape index (κ3) is 54.5. The number of thioether (sulfide) groups is 1. The fraction of sp³-hybridized carbons (Fsp3) is 0.383. The molecular weight excluding hydrogens is 1570 g/mol. The molecule has 0 spiro atoms. The van der Waals surface area contributed by atoms with Crippen LogP contribution in [0.25, 0.3) is 60.2 Å². The lowest BCUT2D eigenvalue weighted by molar-refractivity contribution is 0.354. The SMILES string of the molecule is CC.CC.CC.CC.CC.CC.CC.CC.CC.CC.CC.CC(C)(C)n1cncn1.CC1=CCC=N1.CC1CCSC1.Cc1ccc(-c2cnoc2)cc1.Cc1ccc(-n2cn[nH]c2=O)cc1.Cc1ccc2ccccc2c1.Cc1ccc2cccnc2c1.Cc1cccc2ccccc12.Cc1cccc2cccnc12.Cc1ccno1.Cc1cscn1. The van der Waals surface area contributed by atoms with Crippen LogP contribution >= 0.6 is 23.1 Å². The number of nitrogens with zero attached hydrogens (tertiary/aromatic N) is 11. The molecule has 0 aliphatic carbocycles. The number of pyridine rings is 2. The second-order valence-corrected chi connectivity index (χ2v) is 27.1. The molecule has 2 aliphatic heterocycles. The van der Waals surface area contributed by atoms with Gasteiger partial charge in [-0.15, -0.1) is 11.3 Å². The van der Waals surface area contributed by atoms with Crippen LogP contribution in [0.4, 0.5) is 0 Å². The molecule has 1 unspecified atom stereocenters. The molecule has 15 aromatic rings. The van der Waals surface area contributed by atoms with Crippen LogP contribution in [0, 0.1) is 61.3 Å². The average Bonchev–Trinajstić information content (AvgIpc) is 1.58. The van der Waals surface area contributed by atoms with E-state index in [0.717, 1.165) is 57.3 Å². The molecule has 1 saturated heterocycles. The van der Waals surface area contributed by atoms with Crippen molar-refractivity contribution in [1.29, 1.82) is 0 Å². The minimum Gasteiger partial charge on any atom is -0.364 e. The third-order valence-corrected chi connectivity index (χ3v) is 17.4. The number of H-pyrrole nitrogens is 1. The van der Waals surface area contributed by atoms with Crippen molar-refractivity contribution in [2.75, 3.05) is 11.5 Å². The molecule has 124 heavy (non-hydrogen) atoms. The van der Waals surface area contributed by atoms with Gasteiger partial charge in [0, 0.05) is 64.2 Å². The van der Waals surface area contributed by atoms with Crippen molar-refractivity contribution in [3.05, 3.63) is 328 Å². The zero-order valence-electron chi connectivity index (χ0n) is 82.8. The lowest BCUT2D eigenvalue weighted by atomic mass is 10.1. The van der Waals surface area contributed by atoms with E-state index < -0.39 is 0 Å². The molecule has 0 radical (unpaired) electrons. The molecule has 7 aromatic heterocycles. The number of aliphatic imine (C=N–C) groups is 1. The van der Waals surface area contributed by atoms with E-state index in [0.29, 0.717) is 0 Å². The van der Waals surface area contributed by atoms with E-state index in [-0.39, 0.29) is 11.2 Å². The molecule has 1 atom stereocenters. The van der Waals surface area contributed by atoms with Gasteiger partial charge in [0.15, 0.2) is 0 Å². The molecule has 1 N–H and O–H groups in total. The van der Waals surface area contributed by atoms with E-state index in [9.17, 15) is 4.79 Å². The average molecular weight is 1730 g/mol. The van der Waals surface area contributed by atoms with Gasteiger partial charge in [-0.2, -0.15) is 22.0 Å². The van der Waals surface area contributed by atoms with Crippen LogP contribution in [0.3, 0.4) is 0 Å². The molecule has 17 heteroatoms. The van der Waals surface area contributed by atoms with Gasteiger partial charge >= 0.3 is 5.69 Å². The molecule has 8 aromatic carbocycles. The number of aromatic nitrogens is 11. The number of hydrogen-bond donors (Lipinski definition) is 1. The molecule has 0 saturated carbocycles. The molecule has 678 valence electrons. The zero-order valence-corrected chi connectivity index (χ0v) is 84.5. The number of nitrogens with one attached hydrogen (secondary N) is 1. The quantitative estimate of drug-likeness (QED) is 0.173. The molecule has 0 amide bonds. The second-order valence-electron chi connectivity index (χ2n) is 25.3. The maximum absolute atomic E-state index is 11.1. The van der Waals surface area contributed by atoms with Crippen molar-refractivity contribution in [2.45, 2.75) is 261 Å². The Kier molecular flexibility index (Phi) is 80.0. The smallest absolute Gasteiger partial charge is 0.347 e. The van der Waals surface area contributed by atoms with Crippen molar-refractivity contribution in [1.82, 2.24) is 54.8 Å². The fourth-order valence-corrected chi connectivity index (χ4v) is 11.4. The Balaban J connectivity index is -0.000000412. The van der Waals surface area contributed by atoms with Gasteiger partial charge in [0.1, 0.15) is 31.0 Å². The highest BCUT2D eigenvalue weighted by molar-refractivity contribution is 7.99. The number of thiazole rings is 1. The summed E-state index contributed by atoms with van der Waals surface area (Å²) in [6, 6.07) is 68.0. The molecule has 17 rings (SSSR count). The normalized spacial score (nSPS) is 10.5. The Hall–Kier alpha value is -11.0. The first-order valence-electron chi connectivity index (χ1n) is 44.8. The zero-order chi connectivity index (χ0) is 94.9. The molecule has 0 bridgehead atoms. The van der Waals surface area contributed by atoms with Gasteiger partial charge in [0.2, 0.25) is 0 Å². The Morgan fingerprint density at radius 1 is 0.484 bits per heavy atom. The van der Waals surface area contributed by atoms with Crippen LogP contribution in [0.15, 0.2) is 292 Å². The van der Waals surface area contributed by atoms with E-state index >= 15 is 0 Å².